The second-order valence-corrected chi connectivity index (χ2v) is 9.16. The van der Waals surface area contributed by atoms with Crippen molar-refractivity contribution in [1.82, 2.24) is 10.2 Å². The van der Waals surface area contributed by atoms with Gasteiger partial charge in [-0.1, -0.05) is 39.0 Å². The van der Waals surface area contributed by atoms with Gasteiger partial charge in [0, 0.05) is 11.2 Å². The molecule has 0 spiro atoms. The van der Waals surface area contributed by atoms with Crippen LogP contribution in [0.25, 0.3) is 0 Å². The number of anilines is 1. The zero-order valence-corrected chi connectivity index (χ0v) is 17.6. The Balaban J connectivity index is 2.54. The van der Waals surface area contributed by atoms with Gasteiger partial charge in [-0.15, -0.1) is 0 Å². The minimum atomic E-state index is -0.281. The summed E-state index contributed by atoms with van der Waals surface area (Å²) >= 11 is 0. The van der Waals surface area contributed by atoms with Crippen molar-refractivity contribution in [3.63, 3.8) is 0 Å². The van der Waals surface area contributed by atoms with Crippen molar-refractivity contribution in [3.05, 3.63) is 29.3 Å². The lowest BCUT2D eigenvalue weighted by Gasteiger charge is -2.33. The predicted molar refractivity (Wildman–Crippen MR) is 108 cm³/mol. The third-order valence-corrected chi connectivity index (χ3v) is 4.02. The Hall–Kier alpha value is -1.88. The summed E-state index contributed by atoms with van der Waals surface area (Å²) in [6.45, 7) is 14.8. The van der Waals surface area contributed by atoms with E-state index < -0.39 is 0 Å². The molecule has 0 saturated heterocycles. The molecule has 0 atom stereocenters. The van der Waals surface area contributed by atoms with Crippen LogP contribution in [0.1, 0.15) is 52.2 Å². The summed E-state index contributed by atoms with van der Waals surface area (Å²) in [6.07, 6.45) is 0.877. The molecule has 1 rings (SSSR count). The van der Waals surface area contributed by atoms with Gasteiger partial charge in [0.25, 0.3) is 0 Å². The van der Waals surface area contributed by atoms with E-state index in [-0.39, 0.29) is 35.9 Å². The summed E-state index contributed by atoms with van der Waals surface area (Å²) in [5.41, 5.74) is 2.76. The molecule has 5 nitrogen and oxygen atoms in total. The zero-order valence-electron chi connectivity index (χ0n) is 17.6. The maximum absolute atomic E-state index is 12.3. The number of amides is 2. The van der Waals surface area contributed by atoms with Crippen LogP contribution >= 0.6 is 0 Å². The van der Waals surface area contributed by atoms with E-state index in [0.717, 1.165) is 23.2 Å². The first-order valence-electron chi connectivity index (χ1n) is 9.15. The molecular weight excluding hydrogens is 326 g/mol. The predicted octanol–water partition coefficient (Wildman–Crippen LogP) is 3.50. The standard InChI is InChI=1S/C21H35N3O2/c1-15-10-9-11-16(2)19(15)22-17(25)12-24(8)13-18(26)23-21(6,7)14-20(3,4)5/h9-11H,12-14H2,1-8H3,(H,22,25)(H,23,26). The average Bonchev–Trinajstić information content (AvgIpc) is 2.38. The molecule has 0 radical (unpaired) electrons. The highest BCUT2D eigenvalue weighted by Crippen LogP contribution is 2.26. The monoisotopic (exact) mass is 361 g/mol. The first-order chi connectivity index (χ1) is 11.8. The number of likely N-dealkylation sites (N-methyl/N-ethyl adjacent to an activating group) is 1. The minimum absolute atomic E-state index is 0.0679. The number of hydrogen-bond acceptors (Lipinski definition) is 3. The Morgan fingerprint density at radius 1 is 0.962 bits per heavy atom. The largest absolute Gasteiger partial charge is 0.350 e. The van der Waals surface area contributed by atoms with Crippen molar-refractivity contribution in [2.45, 2.75) is 60.4 Å². The van der Waals surface area contributed by atoms with E-state index in [1.807, 2.05) is 45.9 Å². The van der Waals surface area contributed by atoms with Crippen molar-refractivity contribution in [3.8, 4) is 0 Å². The average molecular weight is 362 g/mol. The second-order valence-electron chi connectivity index (χ2n) is 9.16. The van der Waals surface area contributed by atoms with Gasteiger partial charge in [-0.3, -0.25) is 14.5 Å². The van der Waals surface area contributed by atoms with Gasteiger partial charge in [0.2, 0.25) is 11.8 Å². The summed E-state index contributed by atoms with van der Waals surface area (Å²) in [7, 11) is 1.78. The number of carbonyl (C=O) groups is 2. The fraction of sp³-hybridized carbons (Fsp3) is 0.619. The number of carbonyl (C=O) groups excluding carboxylic acids is 2. The van der Waals surface area contributed by atoms with Gasteiger partial charge in [0.15, 0.2) is 0 Å². The van der Waals surface area contributed by atoms with Gasteiger partial charge in [0.05, 0.1) is 13.1 Å². The molecule has 0 fully saturated rings. The van der Waals surface area contributed by atoms with Crippen LogP contribution in [0.15, 0.2) is 18.2 Å². The number of nitrogens with zero attached hydrogens (tertiary/aromatic N) is 1. The van der Waals surface area contributed by atoms with E-state index in [1.54, 1.807) is 11.9 Å². The molecule has 26 heavy (non-hydrogen) atoms. The molecule has 1 aromatic carbocycles. The van der Waals surface area contributed by atoms with Gasteiger partial charge in [0.1, 0.15) is 0 Å². The highest BCUT2D eigenvalue weighted by molar-refractivity contribution is 5.94. The van der Waals surface area contributed by atoms with Gasteiger partial charge >= 0.3 is 0 Å². The van der Waals surface area contributed by atoms with Gasteiger partial charge < -0.3 is 10.6 Å². The van der Waals surface area contributed by atoms with Crippen molar-refractivity contribution in [1.29, 1.82) is 0 Å². The first-order valence-corrected chi connectivity index (χ1v) is 9.15. The minimum Gasteiger partial charge on any atom is -0.350 e. The fourth-order valence-corrected chi connectivity index (χ4v) is 3.52. The molecular formula is C21H35N3O2. The number of hydrogen-bond donors (Lipinski definition) is 2. The third kappa shape index (κ3) is 8.00. The highest BCUT2D eigenvalue weighted by atomic mass is 16.2. The van der Waals surface area contributed by atoms with E-state index in [4.69, 9.17) is 0 Å². The number of para-hydroxylation sites is 1. The Labute approximate surface area is 158 Å². The summed E-state index contributed by atoms with van der Waals surface area (Å²) in [5.74, 6) is -0.187. The maximum Gasteiger partial charge on any atom is 0.238 e. The number of rotatable bonds is 7. The van der Waals surface area contributed by atoms with Gasteiger partial charge in [-0.05, 0) is 57.7 Å². The molecule has 146 valence electrons. The second kappa shape index (κ2) is 8.67. The highest BCUT2D eigenvalue weighted by Gasteiger charge is 2.27. The van der Waals surface area contributed by atoms with Gasteiger partial charge in [-0.25, -0.2) is 0 Å². The zero-order chi connectivity index (χ0) is 20.1. The van der Waals surface area contributed by atoms with E-state index >= 15 is 0 Å². The SMILES string of the molecule is Cc1cccc(C)c1NC(=O)CN(C)CC(=O)NC(C)(C)CC(C)(C)C. The number of benzene rings is 1. The summed E-state index contributed by atoms with van der Waals surface area (Å²) < 4.78 is 0. The lowest BCUT2D eigenvalue weighted by atomic mass is 9.82. The van der Waals surface area contributed by atoms with Crippen LogP contribution in [-0.2, 0) is 9.59 Å². The molecule has 0 aromatic heterocycles. The summed E-state index contributed by atoms with van der Waals surface area (Å²) in [6, 6.07) is 5.91. The van der Waals surface area contributed by atoms with Crippen LogP contribution in [0.5, 0.6) is 0 Å². The van der Waals surface area contributed by atoms with E-state index in [2.05, 4.69) is 31.4 Å². The Morgan fingerprint density at radius 2 is 1.46 bits per heavy atom. The van der Waals surface area contributed by atoms with Crippen LogP contribution in [0.3, 0.4) is 0 Å². The molecule has 0 saturated carbocycles. The van der Waals surface area contributed by atoms with E-state index in [1.165, 1.54) is 0 Å². The van der Waals surface area contributed by atoms with E-state index in [0.29, 0.717) is 0 Å². The summed E-state index contributed by atoms with van der Waals surface area (Å²) in [5, 5.41) is 6.02. The van der Waals surface area contributed by atoms with Crippen LogP contribution < -0.4 is 10.6 Å². The number of nitrogens with one attached hydrogen (secondary N) is 2. The summed E-state index contributed by atoms with van der Waals surface area (Å²) in [4.78, 5) is 26.3. The van der Waals surface area contributed by atoms with Crippen LogP contribution in [-0.4, -0.2) is 42.4 Å². The molecule has 0 bridgehead atoms. The molecule has 5 heteroatoms. The number of aryl methyl sites for hydroxylation is 2. The normalized spacial score (nSPS) is 12.2. The third-order valence-electron chi connectivity index (χ3n) is 4.02. The van der Waals surface area contributed by atoms with Crippen molar-refractivity contribution in [2.75, 3.05) is 25.5 Å². The lowest BCUT2D eigenvalue weighted by molar-refractivity contribution is -0.124. The Bertz CT molecular complexity index is 625. The first kappa shape index (κ1) is 22.2. The molecule has 2 amide bonds. The van der Waals surface area contributed by atoms with Crippen LogP contribution in [0, 0.1) is 19.3 Å². The van der Waals surface area contributed by atoms with E-state index in [9.17, 15) is 9.59 Å². The Kier molecular flexibility index (Phi) is 7.39. The van der Waals surface area contributed by atoms with Gasteiger partial charge in [-0.2, -0.15) is 0 Å². The molecule has 0 unspecified atom stereocenters. The van der Waals surface area contributed by atoms with Crippen LogP contribution in [0.4, 0.5) is 5.69 Å². The van der Waals surface area contributed by atoms with Crippen molar-refractivity contribution >= 4 is 17.5 Å². The molecule has 0 aliphatic rings. The Morgan fingerprint density at radius 3 is 1.96 bits per heavy atom. The molecule has 0 aliphatic carbocycles. The van der Waals surface area contributed by atoms with Crippen LogP contribution in [0.2, 0.25) is 0 Å². The fourth-order valence-electron chi connectivity index (χ4n) is 3.52. The maximum atomic E-state index is 12.3. The van der Waals surface area contributed by atoms with Crippen molar-refractivity contribution < 1.29 is 9.59 Å². The van der Waals surface area contributed by atoms with Crippen molar-refractivity contribution in [2.24, 2.45) is 5.41 Å². The quantitative estimate of drug-likeness (QED) is 0.781. The molecule has 1 aromatic rings. The lowest BCUT2D eigenvalue weighted by Crippen LogP contribution is -2.49. The molecule has 0 aliphatic heterocycles. The molecule has 0 heterocycles. The molecule has 2 N–H and O–H groups in total. The topological polar surface area (TPSA) is 61.4 Å². The smallest absolute Gasteiger partial charge is 0.238 e.